The Morgan fingerprint density at radius 2 is 0.690 bits per heavy atom. The third-order valence-electron chi connectivity index (χ3n) is 17.2. The summed E-state index contributed by atoms with van der Waals surface area (Å²) < 4.78 is 12.7. The van der Waals surface area contributed by atoms with Crippen molar-refractivity contribution < 1.29 is 0 Å². The summed E-state index contributed by atoms with van der Waals surface area (Å²) in [6.45, 7) is 0. The van der Waals surface area contributed by atoms with Crippen LogP contribution in [0.3, 0.4) is 0 Å². The maximum atomic E-state index is 5.15. The fourth-order valence-electron chi connectivity index (χ4n) is 12.7. The number of hydrogen-bond acceptors (Lipinski definition) is 4. The molecule has 0 radical (unpaired) electrons. The fraction of sp³-hybridized carbons (Fsp3) is 0.0488. The Kier molecular flexibility index (Phi) is 14.5. The zero-order chi connectivity index (χ0) is 57.9. The molecule has 0 saturated carbocycles. The highest BCUT2D eigenvalue weighted by Crippen LogP contribution is 2.46. The van der Waals surface area contributed by atoms with Gasteiger partial charge < -0.3 is 9.47 Å². The normalized spacial score (nSPS) is 11.4. The Hall–Kier alpha value is -10.7. The van der Waals surface area contributed by atoms with Crippen LogP contribution in [0, 0.1) is 0 Å². The van der Waals surface area contributed by atoms with Crippen molar-refractivity contribution in [1.82, 2.24) is 13.3 Å². The summed E-state index contributed by atoms with van der Waals surface area (Å²) >= 11 is 1.26. The number of benzene rings is 13. The van der Waals surface area contributed by atoms with Gasteiger partial charge in [0.1, 0.15) is 11.0 Å². The Morgan fingerprint density at radius 3 is 1.23 bits per heavy atom. The Bertz CT molecular complexity index is 4790. The van der Waals surface area contributed by atoms with Gasteiger partial charge in [0.05, 0.1) is 28.4 Å². The predicted octanol–water partition coefficient (Wildman–Crippen LogP) is 21.8. The van der Waals surface area contributed by atoms with Crippen LogP contribution in [0.2, 0.25) is 0 Å². The summed E-state index contributed by atoms with van der Waals surface area (Å²) in [4.78, 5) is 2.34. The number of rotatable bonds is 16. The molecule has 0 aliphatic rings. The molecule has 4 nitrogen and oxygen atoms in total. The van der Waals surface area contributed by atoms with Crippen LogP contribution in [0.1, 0.15) is 22.3 Å². The van der Waals surface area contributed by atoms with E-state index in [1.807, 2.05) is 0 Å². The van der Waals surface area contributed by atoms with Gasteiger partial charge in [0.15, 0.2) is 0 Å². The van der Waals surface area contributed by atoms with Crippen molar-refractivity contribution in [1.29, 1.82) is 0 Å². The second-order valence-corrected chi connectivity index (χ2v) is 23.0. The number of aromatic nitrogens is 3. The van der Waals surface area contributed by atoms with Crippen LogP contribution in [0.5, 0.6) is 0 Å². The molecule has 2 heterocycles. The minimum absolute atomic E-state index is 0.846. The summed E-state index contributed by atoms with van der Waals surface area (Å²) in [5.41, 5.74) is 27.5. The van der Waals surface area contributed by atoms with Gasteiger partial charge in [0.25, 0.3) is 0 Å². The smallest absolute Gasteiger partial charge is 0.129 e. The predicted molar refractivity (Wildman–Crippen MR) is 367 cm³/mol. The molecule has 15 rings (SSSR count). The van der Waals surface area contributed by atoms with E-state index in [9.17, 15) is 0 Å². The molecule has 0 N–H and O–H groups in total. The number of aryl methyl sites for hydroxylation is 4. The maximum absolute atomic E-state index is 5.15. The topological polar surface area (TPSA) is 34.0 Å². The summed E-state index contributed by atoms with van der Waals surface area (Å²) in [6, 6.07) is 115. The highest BCUT2D eigenvalue weighted by molar-refractivity contribution is 7.00. The van der Waals surface area contributed by atoms with E-state index in [2.05, 4.69) is 325 Å². The lowest BCUT2D eigenvalue weighted by molar-refractivity contribution is 0.958. The zero-order valence-electron chi connectivity index (χ0n) is 48.0. The van der Waals surface area contributed by atoms with E-state index in [0.717, 1.165) is 92.8 Å². The van der Waals surface area contributed by atoms with Crippen LogP contribution in [-0.2, 0) is 25.7 Å². The van der Waals surface area contributed by atoms with Crippen molar-refractivity contribution in [2.75, 3.05) is 4.90 Å². The molecule has 0 spiro atoms. The molecule has 0 amide bonds. The molecule has 0 saturated heterocycles. The first kappa shape index (κ1) is 53.0. The van der Waals surface area contributed by atoms with Gasteiger partial charge in [-0.1, -0.05) is 243 Å². The molecule has 0 aliphatic carbocycles. The van der Waals surface area contributed by atoms with Crippen LogP contribution in [0.4, 0.5) is 17.1 Å². The number of fused-ring (bicyclic) bond motifs is 4. The second kappa shape index (κ2) is 23.7. The summed E-state index contributed by atoms with van der Waals surface area (Å²) in [5.74, 6) is 0. The molecule has 0 bridgehead atoms. The van der Waals surface area contributed by atoms with Gasteiger partial charge in [0.2, 0.25) is 0 Å². The minimum Gasteiger partial charge on any atom is -0.309 e. The summed E-state index contributed by atoms with van der Waals surface area (Å²) in [7, 11) is 0. The first-order valence-electron chi connectivity index (χ1n) is 30.0. The van der Waals surface area contributed by atoms with Gasteiger partial charge in [-0.25, -0.2) is 0 Å². The Balaban J connectivity index is 0.830. The van der Waals surface area contributed by atoms with E-state index >= 15 is 0 Å². The largest absolute Gasteiger partial charge is 0.309 e. The molecule has 5 heteroatoms. The van der Waals surface area contributed by atoms with Gasteiger partial charge in [-0.15, -0.1) is 0 Å². The fourth-order valence-corrected chi connectivity index (χ4v) is 13.2. The third kappa shape index (κ3) is 10.7. The Morgan fingerprint density at radius 1 is 0.287 bits per heavy atom. The molecular weight excluding hydrogens is 1070 g/mol. The average molecular weight is 1130 g/mol. The zero-order valence-corrected chi connectivity index (χ0v) is 48.9. The quantitative estimate of drug-likeness (QED) is 0.0967. The number of anilines is 3. The van der Waals surface area contributed by atoms with Crippen LogP contribution >= 0.6 is 11.7 Å². The number of hydrogen-bond donors (Lipinski definition) is 0. The average Bonchev–Trinajstić information content (AvgIpc) is 2.06. The van der Waals surface area contributed by atoms with Crippen LogP contribution in [0.25, 0.3) is 105 Å². The SMILES string of the molecule is c1ccc(CCc2ccc(-c3ccc4c(c3)c3cc(-c5ccc(N(c6ccc(-c7ccccc7)cc6)c6ccc(-c7c(-c8ccccc8)cccc7-c7ccccc7)cc6)c6nsnc56)ccc3n4-c3ccc(CCc4ccccc4)cc3)cc2)cc1. The second-order valence-electron chi connectivity index (χ2n) is 22.5. The lowest BCUT2D eigenvalue weighted by atomic mass is 9.87. The van der Waals surface area contributed by atoms with Crippen molar-refractivity contribution in [3.8, 4) is 72.4 Å². The van der Waals surface area contributed by atoms with E-state index in [-0.39, 0.29) is 0 Å². The van der Waals surface area contributed by atoms with Crippen molar-refractivity contribution >= 4 is 61.6 Å². The van der Waals surface area contributed by atoms with E-state index in [4.69, 9.17) is 8.75 Å². The molecule has 414 valence electrons. The van der Waals surface area contributed by atoms with Crippen molar-refractivity contribution in [2.45, 2.75) is 25.7 Å². The molecule has 87 heavy (non-hydrogen) atoms. The summed E-state index contributed by atoms with van der Waals surface area (Å²) in [5, 5.41) is 2.38. The first-order chi connectivity index (χ1) is 43.1. The molecule has 0 atom stereocenters. The molecule has 0 fully saturated rings. The highest BCUT2D eigenvalue weighted by Gasteiger charge is 2.23. The van der Waals surface area contributed by atoms with Gasteiger partial charge >= 0.3 is 0 Å². The van der Waals surface area contributed by atoms with Gasteiger partial charge in [0, 0.05) is 33.4 Å². The standard InChI is InChI=1S/C82H60N4S/c1-6-17-57(18-7-1)29-31-59-33-37-63(38-34-59)67-43-52-77-75(55-67)76-56-68(44-53-78(76)86(77)71-45-35-60(36-46-71)32-30-58-19-8-2-9-20-58)74-51-54-79(82-81(74)83-87-84-82)85(69-47-39-62(40-48-69)61-21-10-3-11-22-61)70-49-41-66(42-50-70)80-72(64-23-12-4-13-24-64)27-16-28-73(80)65-25-14-5-15-26-65/h1-28,33-56H,29-32H2. The monoisotopic (exact) mass is 1130 g/mol. The van der Waals surface area contributed by atoms with Crippen LogP contribution in [0.15, 0.2) is 315 Å². The van der Waals surface area contributed by atoms with Crippen molar-refractivity contribution in [3.05, 3.63) is 338 Å². The summed E-state index contributed by atoms with van der Waals surface area (Å²) in [6.07, 6.45) is 4.01. The van der Waals surface area contributed by atoms with E-state index in [1.165, 1.54) is 89.3 Å². The Labute approximate surface area is 512 Å². The minimum atomic E-state index is 0.846. The van der Waals surface area contributed by atoms with Crippen molar-refractivity contribution in [2.24, 2.45) is 0 Å². The first-order valence-corrected chi connectivity index (χ1v) is 30.8. The molecule has 2 aromatic heterocycles. The molecule has 0 unspecified atom stereocenters. The lowest BCUT2D eigenvalue weighted by Crippen LogP contribution is -2.10. The van der Waals surface area contributed by atoms with E-state index in [0.29, 0.717) is 0 Å². The number of nitrogens with zero attached hydrogens (tertiary/aromatic N) is 4. The van der Waals surface area contributed by atoms with Gasteiger partial charge in [-0.05, 0) is 182 Å². The third-order valence-corrected chi connectivity index (χ3v) is 17.7. The highest BCUT2D eigenvalue weighted by atomic mass is 32.1. The van der Waals surface area contributed by atoms with Crippen molar-refractivity contribution in [3.63, 3.8) is 0 Å². The maximum Gasteiger partial charge on any atom is 0.129 e. The van der Waals surface area contributed by atoms with Gasteiger partial charge in [-0.3, -0.25) is 0 Å². The van der Waals surface area contributed by atoms with E-state index < -0.39 is 0 Å². The molecule has 0 aliphatic heterocycles. The van der Waals surface area contributed by atoms with Crippen LogP contribution < -0.4 is 4.90 Å². The van der Waals surface area contributed by atoms with Gasteiger partial charge in [-0.2, -0.15) is 8.75 Å². The van der Waals surface area contributed by atoms with E-state index in [1.54, 1.807) is 0 Å². The molecular formula is C82H60N4S. The molecule has 13 aromatic carbocycles. The molecule has 15 aromatic rings. The lowest BCUT2D eigenvalue weighted by Gasteiger charge is -2.26. The van der Waals surface area contributed by atoms with Crippen LogP contribution in [-0.4, -0.2) is 13.3 Å².